The first-order valence-corrected chi connectivity index (χ1v) is 6.87. The number of hydrogen-bond acceptors (Lipinski definition) is 4. The molecule has 2 saturated carbocycles. The Kier molecular flexibility index (Phi) is 2.90. The summed E-state index contributed by atoms with van der Waals surface area (Å²) in [7, 11) is 0. The van der Waals surface area contributed by atoms with Gasteiger partial charge in [0.1, 0.15) is 0 Å². The smallest absolute Gasteiger partial charge is 0.230 e. The van der Waals surface area contributed by atoms with Crippen LogP contribution in [0.3, 0.4) is 0 Å². The van der Waals surface area contributed by atoms with E-state index in [4.69, 9.17) is 10.3 Å². The fourth-order valence-electron chi connectivity index (χ4n) is 3.22. The summed E-state index contributed by atoms with van der Waals surface area (Å²) in [5.41, 5.74) is 5.90. The van der Waals surface area contributed by atoms with Crippen molar-refractivity contribution in [1.82, 2.24) is 10.1 Å². The summed E-state index contributed by atoms with van der Waals surface area (Å²) < 4.78 is 5.41. The van der Waals surface area contributed by atoms with E-state index in [1.807, 2.05) is 0 Å². The van der Waals surface area contributed by atoms with Gasteiger partial charge in [0.2, 0.25) is 5.89 Å². The van der Waals surface area contributed by atoms with Crippen LogP contribution in [-0.2, 0) is 6.42 Å². The third-order valence-electron chi connectivity index (χ3n) is 4.39. The van der Waals surface area contributed by atoms with Gasteiger partial charge in [-0.25, -0.2) is 0 Å². The van der Waals surface area contributed by atoms with Crippen LogP contribution in [0, 0.1) is 11.8 Å². The lowest BCUT2D eigenvalue weighted by Crippen LogP contribution is -2.22. The molecule has 0 amide bonds. The maximum Gasteiger partial charge on any atom is 0.230 e. The number of fused-ring (bicyclic) bond motifs is 1. The monoisotopic (exact) mass is 235 g/mol. The number of hydrogen-bond donors (Lipinski definition) is 1. The van der Waals surface area contributed by atoms with Gasteiger partial charge >= 0.3 is 0 Å². The molecule has 0 radical (unpaired) electrons. The fourth-order valence-corrected chi connectivity index (χ4v) is 3.22. The fraction of sp³-hybridized carbons (Fsp3) is 0.846. The first-order valence-electron chi connectivity index (χ1n) is 6.87. The molecule has 1 aromatic rings. The molecule has 3 atom stereocenters. The minimum Gasteiger partial charge on any atom is -0.339 e. The van der Waals surface area contributed by atoms with Crippen molar-refractivity contribution >= 4 is 0 Å². The van der Waals surface area contributed by atoms with E-state index in [9.17, 15) is 0 Å². The number of rotatable bonds is 4. The lowest BCUT2D eigenvalue weighted by molar-refractivity contribution is 0.366. The zero-order chi connectivity index (χ0) is 11.8. The molecule has 0 bridgehead atoms. The number of nitrogens with two attached hydrogens (primary N) is 1. The molecule has 0 aromatic carbocycles. The molecule has 0 saturated heterocycles. The second-order valence-electron chi connectivity index (χ2n) is 5.56. The Morgan fingerprint density at radius 3 is 2.71 bits per heavy atom. The van der Waals surface area contributed by atoms with E-state index in [0.717, 1.165) is 36.4 Å². The van der Waals surface area contributed by atoms with Crippen molar-refractivity contribution in [3.63, 3.8) is 0 Å². The van der Waals surface area contributed by atoms with Gasteiger partial charge in [0.15, 0.2) is 5.82 Å². The summed E-state index contributed by atoms with van der Waals surface area (Å²) in [5, 5.41) is 4.06. The largest absolute Gasteiger partial charge is 0.339 e. The molecule has 2 aliphatic carbocycles. The highest BCUT2D eigenvalue weighted by atomic mass is 16.5. The van der Waals surface area contributed by atoms with Crippen LogP contribution < -0.4 is 5.73 Å². The zero-order valence-electron chi connectivity index (χ0n) is 10.4. The van der Waals surface area contributed by atoms with Crippen molar-refractivity contribution in [2.24, 2.45) is 17.6 Å². The van der Waals surface area contributed by atoms with Crippen LogP contribution in [0.25, 0.3) is 0 Å². The Labute approximate surface area is 102 Å². The minimum atomic E-state index is 0.155. The topological polar surface area (TPSA) is 64.9 Å². The van der Waals surface area contributed by atoms with Crippen LogP contribution in [0.5, 0.6) is 0 Å². The lowest BCUT2D eigenvalue weighted by atomic mass is 10.0. The van der Waals surface area contributed by atoms with Gasteiger partial charge in [0, 0.05) is 18.4 Å². The quantitative estimate of drug-likeness (QED) is 0.869. The van der Waals surface area contributed by atoms with Gasteiger partial charge in [-0.1, -0.05) is 24.9 Å². The average molecular weight is 235 g/mol. The Morgan fingerprint density at radius 1 is 1.35 bits per heavy atom. The Morgan fingerprint density at radius 2 is 2.06 bits per heavy atom. The molecule has 0 aliphatic heterocycles. The van der Waals surface area contributed by atoms with Gasteiger partial charge in [-0.15, -0.1) is 0 Å². The third kappa shape index (κ3) is 2.10. The maximum absolute atomic E-state index is 5.90. The van der Waals surface area contributed by atoms with Crippen molar-refractivity contribution in [2.75, 3.05) is 0 Å². The van der Waals surface area contributed by atoms with E-state index >= 15 is 0 Å². The predicted octanol–water partition coefficient (Wildman–Crippen LogP) is 2.25. The molecular formula is C13H21N3O. The minimum absolute atomic E-state index is 0.155. The highest BCUT2D eigenvalue weighted by Gasteiger charge is 2.54. The second kappa shape index (κ2) is 4.41. The van der Waals surface area contributed by atoms with Gasteiger partial charge < -0.3 is 10.3 Å². The normalized spacial score (nSPS) is 33.2. The van der Waals surface area contributed by atoms with Crippen molar-refractivity contribution in [2.45, 2.75) is 57.4 Å². The van der Waals surface area contributed by atoms with E-state index < -0.39 is 0 Å². The molecule has 1 aromatic heterocycles. The predicted molar refractivity (Wildman–Crippen MR) is 64.5 cm³/mol. The van der Waals surface area contributed by atoms with Gasteiger partial charge in [0.25, 0.3) is 0 Å². The second-order valence-corrected chi connectivity index (χ2v) is 5.56. The summed E-state index contributed by atoms with van der Waals surface area (Å²) >= 11 is 0. The van der Waals surface area contributed by atoms with Crippen molar-refractivity contribution < 1.29 is 4.52 Å². The van der Waals surface area contributed by atoms with Crippen LogP contribution in [-0.4, -0.2) is 16.2 Å². The molecule has 2 fully saturated rings. The van der Waals surface area contributed by atoms with Crippen molar-refractivity contribution in [3.05, 3.63) is 11.7 Å². The van der Waals surface area contributed by atoms with Crippen LogP contribution >= 0.6 is 0 Å². The lowest BCUT2D eigenvalue weighted by Gasteiger charge is -2.04. The SMILES string of the molecule is CCC(N)Cc1noc(C2C3CCCCC32)n1. The molecule has 0 spiro atoms. The summed E-state index contributed by atoms with van der Waals surface area (Å²) in [6.45, 7) is 2.08. The summed E-state index contributed by atoms with van der Waals surface area (Å²) in [6, 6.07) is 0.155. The van der Waals surface area contributed by atoms with E-state index in [1.165, 1.54) is 25.7 Å². The average Bonchev–Trinajstić information content (AvgIpc) is 2.92. The van der Waals surface area contributed by atoms with Crippen LogP contribution in [0.2, 0.25) is 0 Å². The van der Waals surface area contributed by atoms with Gasteiger partial charge in [-0.3, -0.25) is 0 Å². The van der Waals surface area contributed by atoms with E-state index in [0.29, 0.717) is 5.92 Å². The van der Waals surface area contributed by atoms with E-state index in [1.54, 1.807) is 0 Å². The molecule has 17 heavy (non-hydrogen) atoms. The van der Waals surface area contributed by atoms with E-state index in [2.05, 4.69) is 17.1 Å². The summed E-state index contributed by atoms with van der Waals surface area (Å²) in [6.07, 6.45) is 7.14. The Balaban J connectivity index is 1.65. The first-order chi connectivity index (χ1) is 8.29. The van der Waals surface area contributed by atoms with Crippen molar-refractivity contribution in [1.29, 1.82) is 0 Å². The van der Waals surface area contributed by atoms with Crippen LogP contribution in [0.15, 0.2) is 4.52 Å². The number of aromatic nitrogens is 2. The Bertz CT molecular complexity index is 378. The molecule has 3 rings (SSSR count). The molecule has 2 aliphatic rings. The zero-order valence-corrected chi connectivity index (χ0v) is 10.4. The molecule has 1 heterocycles. The highest BCUT2D eigenvalue weighted by molar-refractivity contribution is 5.14. The van der Waals surface area contributed by atoms with E-state index in [-0.39, 0.29) is 6.04 Å². The number of nitrogens with zero attached hydrogens (tertiary/aromatic N) is 2. The molecule has 94 valence electrons. The molecule has 4 nitrogen and oxygen atoms in total. The molecule has 3 unspecified atom stereocenters. The Hall–Kier alpha value is -0.900. The van der Waals surface area contributed by atoms with Crippen LogP contribution in [0.4, 0.5) is 0 Å². The summed E-state index contributed by atoms with van der Waals surface area (Å²) in [5.74, 6) is 3.89. The van der Waals surface area contributed by atoms with Crippen LogP contribution in [0.1, 0.15) is 56.7 Å². The van der Waals surface area contributed by atoms with Gasteiger partial charge in [0.05, 0.1) is 0 Å². The van der Waals surface area contributed by atoms with Gasteiger partial charge in [-0.2, -0.15) is 4.98 Å². The van der Waals surface area contributed by atoms with Crippen molar-refractivity contribution in [3.8, 4) is 0 Å². The maximum atomic E-state index is 5.90. The highest BCUT2D eigenvalue weighted by Crippen LogP contribution is 2.60. The third-order valence-corrected chi connectivity index (χ3v) is 4.39. The first kappa shape index (κ1) is 11.2. The van der Waals surface area contributed by atoms with Gasteiger partial charge in [-0.05, 0) is 31.1 Å². The summed E-state index contributed by atoms with van der Waals surface area (Å²) in [4.78, 5) is 4.53. The standard InChI is InChI=1S/C13H21N3O/c1-2-8(14)7-11-15-13(17-16-11)12-9-5-3-4-6-10(9)12/h8-10,12H,2-7,14H2,1H3. The molecular weight excluding hydrogens is 214 g/mol. The molecule has 4 heteroatoms. The molecule has 2 N–H and O–H groups in total.